The Morgan fingerprint density at radius 2 is 1.70 bits per heavy atom. The summed E-state index contributed by atoms with van der Waals surface area (Å²) in [7, 11) is 0. The Hall–Kier alpha value is -2.04. The minimum atomic E-state index is -0.726. The summed E-state index contributed by atoms with van der Waals surface area (Å²) in [5.41, 5.74) is 3.13. The first kappa shape index (κ1) is 14.4. The predicted octanol–water partition coefficient (Wildman–Crippen LogP) is 4.11. The van der Waals surface area contributed by atoms with E-state index in [9.17, 15) is 5.11 Å². The third-order valence-corrected chi connectivity index (χ3v) is 3.24. The highest BCUT2D eigenvalue weighted by Gasteiger charge is 2.01. The summed E-state index contributed by atoms with van der Waals surface area (Å²) >= 11 is 0. The molecule has 20 heavy (non-hydrogen) atoms. The first-order valence-electron chi connectivity index (χ1n) is 7.13. The number of unbranched alkanes of at least 4 members (excludes halogenated alkanes) is 1. The van der Waals surface area contributed by atoms with Gasteiger partial charge in [0, 0.05) is 5.56 Å². The van der Waals surface area contributed by atoms with Gasteiger partial charge in [-0.15, -0.1) is 0 Å². The van der Waals surface area contributed by atoms with Gasteiger partial charge in [-0.05, 0) is 36.1 Å². The lowest BCUT2D eigenvalue weighted by molar-refractivity contribution is 0.238. The molecule has 0 aliphatic carbocycles. The van der Waals surface area contributed by atoms with Crippen molar-refractivity contribution in [1.29, 1.82) is 0 Å². The average molecular weight is 264 g/mol. The van der Waals surface area contributed by atoms with E-state index in [2.05, 4.69) is 30.9 Å². The van der Waals surface area contributed by atoms with Gasteiger partial charge < -0.3 is 5.11 Å². The molecule has 0 aliphatic rings. The number of benzene rings is 2. The first-order chi connectivity index (χ1) is 9.79. The zero-order chi connectivity index (χ0) is 14.2. The molecule has 0 amide bonds. The lowest BCUT2D eigenvalue weighted by atomic mass is 10.1. The van der Waals surface area contributed by atoms with E-state index >= 15 is 0 Å². The summed E-state index contributed by atoms with van der Waals surface area (Å²) in [6.45, 7) is 2.20. The maximum absolute atomic E-state index is 9.98. The molecule has 0 unspecified atom stereocenters. The zero-order valence-electron chi connectivity index (χ0n) is 11.8. The Morgan fingerprint density at radius 3 is 2.35 bits per heavy atom. The van der Waals surface area contributed by atoms with Gasteiger partial charge in [-0.25, -0.2) is 0 Å². The van der Waals surface area contributed by atoms with Crippen LogP contribution < -0.4 is 0 Å². The Balaban J connectivity index is 2.02. The number of aryl methyl sites for hydroxylation is 1. The van der Waals surface area contributed by atoms with Crippen molar-refractivity contribution in [2.24, 2.45) is 0 Å². The van der Waals surface area contributed by atoms with Crippen LogP contribution in [0.5, 0.6) is 0 Å². The van der Waals surface area contributed by atoms with Crippen LogP contribution in [0.1, 0.15) is 42.6 Å². The molecule has 0 spiro atoms. The molecular formula is C19H20O. The van der Waals surface area contributed by atoms with Gasteiger partial charge in [-0.1, -0.05) is 67.6 Å². The topological polar surface area (TPSA) is 20.2 Å². The van der Waals surface area contributed by atoms with E-state index in [0.717, 1.165) is 17.5 Å². The van der Waals surface area contributed by atoms with E-state index in [1.54, 1.807) is 0 Å². The number of hydrogen-bond donors (Lipinski definition) is 1. The average Bonchev–Trinajstić information content (AvgIpc) is 2.52. The van der Waals surface area contributed by atoms with Crippen molar-refractivity contribution in [2.75, 3.05) is 0 Å². The maximum atomic E-state index is 9.98. The van der Waals surface area contributed by atoms with E-state index in [1.807, 2.05) is 42.5 Å². The fraction of sp³-hybridized carbons (Fsp3) is 0.263. The number of aliphatic hydroxyl groups is 1. The number of aliphatic hydroxyl groups excluding tert-OH is 1. The van der Waals surface area contributed by atoms with Crippen LogP contribution >= 0.6 is 0 Å². The van der Waals surface area contributed by atoms with Crippen molar-refractivity contribution in [2.45, 2.75) is 32.3 Å². The summed E-state index contributed by atoms with van der Waals surface area (Å²) in [4.78, 5) is 0. The van der Waals surface area contributed by atoms with Gasteiger partial charge >= 0.3 is 0 Å². The molecule has 1 nitrogen and oxygen atoms in total. The van der Waals surface area contributed by atoms with Crippen LogP contribution in [0.3, 0.4) is 0 Å². The zero-order valence-corrected chi connectivity index (χ0v) is 11.8. The highest BCUT2D eigenvalue weighted by atomic mass is 16.3. The minimum Gasteiger partial charge on any atom is -0.376 e. The third kappa shape index (κ3) is 4.26. The van der Waals surface area contributed by atoms with E-state index in [0.29, 0.717) is 0 Å². The molecule has 0 fully saturated rings. The van der Waals surface area contributed by atoms with Gasteiger partial charge in [0.25, 0.3) is 0 Å². The van der Waals surface area contributed by atoms with Crippen LogP contribution in [-0.4, -0.2) is 5.11 Å². The molecule has 0 bridgehead atoms. The van der Waals surface area contributed by atoms with Crippen molar-refractivity contribution in [3.63, 3.8) is 0 Å². The molecule has 2 aromatic carbocycles. The highest BCUT2D eigenvalue weighted by Crippen LogP contribution is 2.11. The molecule has 1 heteroatoms. The molecule has 0 aliphatic heterocycles. The largest absolute Gasteiger partial charge is 0.376 e. The quantitative estimate of drug-likeness (QED) is 0.824. The first-order valence-corrected chi connectivity index (χ1v) is 7.13. The van der Waals surface area contributed by atoms with E-state index in [1.165, 1.54) is 18.4 Å². The van der Waals surface area contributed by atoms with Crippen LogP contribution in [0.2, 0.25) is 0 Å². The second-order valence-electron chi connectivity index (χ2n) is 4.88. The fourth-order valence-corrected chi connectivity index (χ4v) is 2.01. The Kier molecular flexibility index (Phi) is 5.41. The molecule has 0 radical (unpaired) electrons. The van der Waals surface area contributed by atoms with Crippen LogP contribution in [-0.2, 0) is 6.42 Å². The van der Waals surface area contributed by atoms with Crippen molar-refractivity contribution in [1.82, 2.24) is 0 Å². The molecule has 2 rings (SSSR count). The monoisotopic (exact) mass is 264 g/mol. The van der Waals surface area contributed by atoms with Crippen molar-refractivity contribution in [3.05, 3.63) is 71.3 Å². The van der Waals surface area contributed by atoms with Crippen LogP contribution in [0.25, 0.3) is 0 Å². The van der Waals surface area contributed by atoms with E-state index in [4.69, 9.17) is 0 Å². The second-order valence-corrected chi connectivity index (χ2v) is 4.88. The second kappa shape index (κ2) is 7.53. The van der Waals surface area contributed by atoms with Gasteiger partial charge in [-0.3, -0.25) is 0 Å². The van der Waals surface area contributed by atoms with E-state index < -0.39 is 6.10 Å². The summed E-state index contributed by atoms with van der Waals surface area (Å²) < 4.78 is 0. The van der Waals surface area contributed by atoms with Gasteiger partial charge in [0.05, 0.1) is 0 Å². The molecule has 2 aromatic rings. The van der Waals surface area contributed by atoms with Gasteiger partial charge in [0.15, 0.2) is 0 Å². The van der Waals surface area contributed by atoms with E-state index in [-0.39, 0.29) is 0 Å². The summed E-state index contributed by atoms with van der Waals surface area (Å²) in [6.07, 6.45) is 2.83. The van der Waals surface area contributed by atoms with Crippen LogP contribution in [0.4, 0.5) is 0 Å². The molecule has 0 saturated carbocycles. The molecular weight excluding hydrogens is 244 g/mol. The number of hydrogen-bond acceptors (Lipinski definition) is 1. The van der Waals surface area contributed by atoms with Gasteiger partial charge in [0.1, 0.15) is 6.10 Å². The SMILES string of the molecule is CCCCc1ccc(C#C[C@@H](O)c2ccccc2)cc1. The standard InChI is InChI=1S/C19H20O/c1-2-3-7-16-10-12-17(13-11-16)14-15-19(20)18-8-5-4-6-9-18/h4-6,8-13,19-20H,2-3,7H2,1H3/t19-/m1/s1. The van der Waals surface area contributed by atoms with Crippen LogP contribution in [0, 0.1) is 11.8 Å². The van der Waals surface area contributed by atoms with Gasteiger partial charge in [0.2, 0.25) is 0 Å². The molecule has 1 atom stereocenters. The lowest BCUT2D eigenvalue weighted by Crippen LogP contribution is -1.92. The normalized spacial score (nSPS) is 11.5. The molecule has 1 N–H and O–H groups in total. The smallest absolute Gasteiger partial charge is 0.140 e. The molecule has 0 heterocycles. The predicted molar refractivity (Wildman–Crippen MR) is 83.3 cm³/mol. The lowest BCUT2D eigenvalue weighted by Gasteiger charge is -2.02. The summed E-state index contributed by atoms with van der Waals surface area (Å²) in [5.74, 6) is 5.91. The molecule has 102 valence electrons. The van der Waals surface area contributed by atoms with Gasteiger partial charge in [-0.2, -0.15) is 0 Å². The highest BCUT2D eigenvalue weighted by molar-refractivity contribution is 5.38. The fourth-order valence-electron chi connectivity index (χ4n) is 2.01. The summed E-state index contributed by atoms with van der Waals surface area (Å²) in [6, 6.07) is 17.8. The van der Waals surface area contributed by atoms with Crippen molar-refractivity contribution >= 4 is 0 Å². The minimum absolute atomic E-state index is 0.726. The van der Waals surface area contributed by atoms with Crippen LogP contribution in [0.15, 0.2) is 54.6 Å². The summed E-state index contributed by atoms with van der Waals surface area (Å²) in [5, 5.41) is 9.98. The van der Waals surface area contributed by atoms with Crippen molar-refractivity contribution < 1.29 is 5.11 Å². The Bertz CT molecular complexity index is 573. The molecule has 0 aromatic heterocycles. The maximum Gasteiger partial charge on any atom is 0.140 e. The Morgan fingerprint density at radius 1 is 1.00 bits per heavy atom. The molecule has 0 saturated heterocycles. The Labute approximate surface area is 121 Å². The number of rotatable bonds is 4. The van der Waals surface area contributed by atoms with Crippen molar-refractivity contribution in [3.8, 4) is 11.8 Å². The third-order valence-electron chi connectivity index (χ3n) is 3.24.